The number of hydrogen-bond donors (Lipinski definition) is 4. The van der Waals surface area contributed by atoms with Gasteiger partial charge in [0.05, 0.1) is 43.9 Å². The van der Waals surface area contributed by atoms with Gasteiger partial charge < -0.3 is 20.8 Å². The van der Waals surface area contributed by atoms with Gasteiger partial charge in [0.15, 0.2) is 11.6 Å². The first kappa shape index (κ1) is 19.6. The lowest BCUT2D eigenvalue weighted by Gasteiger charge is -2.18. The van der Waals surface area contributed by atoms with Crippen LogP contribution in [0.15, 0.2) is 36.8 Å². The maximum absolute atomic E-state index is 14.1. The van der Waals surface area contributed by atoms with Crippen LogP contribution >= 0.6 is 0 Å². The van der Waals surface area contributed by atoms with E-state index in [1.165, 1.54) is 10.9 Å². The third-order valence-corrected chi connectivity index (χ3v) is 3.79. The molecule has 0 spiro atoms. The lowest BCUT2D eigenvalue weighted by molar-refractivity contribution is 0.269. The molecule has 148 valence electrons. The molecule has 8 nitrogen and oxygen atoms in total. The molecule has 4 N–H and O–H groups in total. The maximum atomic E-state index is 14.1. The predicted octanol–water partition coefficient (Wildman–Crippen LogP) is 1.97. The third-order valence-electron chi connectivity index (χ3n) is 3.79. The molecule has 11 heteroatoms. The first-order valence-electron chi connectivity index (χ1n) is 8.25. The number of nitrogens with one attached hydrogen (secondary N) is 2. The van der Waals surface area contributed by atoms with E-state index in [0.29, 0.717) is 12.2 Å². The van der Waals surface area contributed by atoms with Gasteiger partial charge in [-0.2, -0.15) is 10.1 Å². The highest BCUT2D eigenvalue weighted by atomic mass is 19.1. The summed E-state index contributed by atoms with van der Waals surface area (Å²) in [4.78, 5) is 7.77. The summed E-state index contributed by atoms with van der Waals surface area (Å²) in [7, 11) is 0. The normalized spacial score (nSPS) is 12.0. The molecule has 0 saturated carbocycles. The van der Waals surface area contributed by atoms with Crippen LogP contribution in [0.5, 0.6) is 0 Å². The largest absolute Gasteiger partial charge is 0.394 e. The lowest BCUT2D eigenvalue weighted by Crippen LogP contribution is -2.18. The number of hydrogen-bond acceptors (Lipinski definition) is 7. The van der Waals surface area contributed by atoms with Crippen LogP contribution in [-0.4, -0.2) is 43.2 Å². The topological polar surface area (TPSA) is 108 Å². The van der Waals surface area contributed by atoms with E-state index < -0.39 is 30.1 Å². The van der Waals surface area contributed by atoms with E-state index >= 15 is 0 Å². The molecule has 3 rings (SSSR count). The molecule has 0 aliphatic rings. The second kappa shape index (κ2) is 8.67. The highest BCUT2D eigenvalue weighted by Crippen LogP contribution is 2.24. The van der Waals surface area contributed by atoms with Crippen LogP contribution in [0.2, 0.25) is 0 Å². The van der Waals surface area contributed by atoms with Crippen LogP contribution in [0.1, 0.15) is 11.6 Å². The number of nitrogens with zero attached hydrogens (tertiary/aromatic N) is 4. The molecule has 0 aliphatic carbocycles. The van der Waals surface area contributed by atoms with Gasteiger partial charge in [-0.15, -0.1) is 0 Å². The first-order valence-corrected chi connectivity index (χ1v) is 8.25. The maximum Gasteiger partial charge on any atom is 0.229 e. The van der Waals surface area contributed by atoms with Crippen LogP contribution in [0, 0.1) is 17.5 Å². The van der Waals surface area contributed by atoms with E-state index in [0.717, 1.165) is 24.4 Å². The Labute approximate surface area is 157 Å². The quantitative estimate of drug-likeness (QED) is 0.463. The van der Waals surface area contributed by atoms with E-state index in [9.17, 15) is 18.3 Å². The Morgan fingerprint density at radius 2 is 1.93 bits per heavy atom. The predicted molar refractivity (Wildman–Crippen MR) is 94.4 cm³/mol. The second-order valence-electron chi connectivity index (χ2n) is 5.78. The average molecular weight is 394 g/mol. The van der Waals surface area contributed by atoms with Crippen molar-refractivity contribution in [1.29, 1.82) is 0 Å². The van der Waals surface area contributed by atoms with Gasteiger partial charge in [0.25, 0.3) is 0 Å². The van der Waals surface area contributed by atoms with E-state index in [2.05, 4.69) is 25.7 Å². The molecular weight excluding hydrogens is 377 g/mol. The van der Waals surface area contributed by atoms with Crippen LogP contribution in [0.25, 0.3) is 0 Å². The molecular formula is C17H17F3N6O2. The molecule has 28 heavy (non-hydrogen) atoms. The molecule has 0 amide bonds. The smallest absolute Gasteiger partial charge is 0.229 e. The Kier molecular flexibility index (Phi) is 6.06. The summed E-state index contributed by atoms with van der Waals surface area (Å²) in [5, 5.41) is 27.8. The zero-order valence-corrected chi connectivity index (χ0v) is 14.5. The highest BCUT2D eigenvalue weighted by Gasteiger charge is 2.19. The van der Waals surface area contributed by atoms with Gasteiger partial charge in [0, 0.05) is 11.8 Å². The number of aromatic nitrogens is 4. The standard InChI is InChI=1S/C17H17F3N6O2/c18-10-1-2-13(19)12(5-10)15(9-28)24-16-14(20)7-21-17(25-16)23-11-6-22-26(8-11)3-4-27/h1-2,5-8,15,27-28H,3-4,9H2,(H2,21,23,24,25)/t15-/m1/s1. The Hall–Kier alpha value is -3.18. The van der Waals surface area contributed by atoms with Gasteiger partial charge in [0.1, 0.15) is 11.6 Å². The van der Waals surface area contributed by atoms with Crippen molar-refractivity contribution in [1.82, 2.24) is 19.7 Å². The average Bonchev–Trinajstić information content (AvgIpc) is 3.11. The number of rotatable bonds is 8. The Balaban J connectivity index is 1.81. The molecule has 0 unspecified atom stereocenters. The minimum absolute atomic E-state index is 0.0175. The van der Waals surface area contributed by atoms with Crippen molar-refractivity contribution in [3.63, 3.8) is 0 Å². The molecule has 1 aromatic carbocycles. The first-order chi connectivity index (χ1) is 13.5. The number of benzene rings is 1. The fraction of sp³-hybridized carbons (Fsp3) is 0.235. The van der Waals surface area contributed by atoms with Crippen LogP contribution in [0.3, 0.4) is 0 Å². The zero-order chi connectivity index (χ0) is 20.1. The molecule has 1 atom stereocenters. The van der Waals surface area contributed by atoms with E-state index in [1.807, 2.05) is 0 Å². The molecule has 0 radical (unpaired) electrons. The monoisotopic (exact) mass is 394 g/mol. The van der Waals surface area contributed by atoms with E-state index in [4.69, 9.17) is 5.11 Å². The van der Waals surface area contributed by atoms with Crippen molar-refractivity contribution in [3.8, 4) is 0 Å². The summed E-state index contributed by atoms with van der Waals surface area (Å²) in [6, 6.07) is 1.65. The van der Waals surface area contributed by atoms with Crippen molar-refractivity contribution >= 4 is 17.5 Å². The van der Waals surface area contributed by atoms with Crippen LogP contribution < -0.4 is 10.6 Å². The van der Waals surface area contributed by atoms with Crippen molar-refractivity contribution < 1.29 is 23.4 Å². The van der Waals surface area contributed by atoms with E-state index in [1.54, 1.807) is 6.20 Å². The van der Waals surface area contributed by atoms with Crippen molar-refractivity contribution in [2.45, 2.75) is 12.6 Å². The van der Waals surface area contributed by atoms with Gasteiger partial charge in [-0.05, 0) is 18.2 Å². The van der Waals surface area contributed by atoms with Gasteiger partial charge in [-0.3, -0.25) is 4.68 Å². The Morgan fingerprint density at radius 1 is 1.11 bits per heavy atom. The lowest BCUT2D eigenvalue weighted by atomic mass is 10.1. The number of anilines is 3. The summed E-state index contributed by atoms with van der Waals surface area (Å²) in [5.74, 6) is -2.57. The number of halogens is 3. The number of aliphatic hydroxyl groups excluding tert-OH is 2. The Morgan fingerprint density at radius 3 is 2.68 bits per heavy atom. The molecule has 0 aliphatic heterocycles. The molecule has 2 aromatic heterocycles. The van der Waals surface area contributed by atoms with Crippen molar-refractivity contribution in [2.75, 3.05) is 23.8 Å². The van der Waals surface area contributed by atoms with Crippen molar-refractivity contribution in [2.24, 2.45) is 0 Å². The van der Waals surface area contributed by atoms with Gasteiger partial charge in [-0.25, -0.2) is 18.2 Å². The van der Waals surface area contributed by atoms with Crippen LogP contribution in [-0.2, 0) is 6.54 Å². The summed E-state index contributed by atoms with van der Waals surface area (Å²) in [6.45, 7) is -0.405. The zero-order valence-electron chi connectivity index (χ0n) is 14.5. The minimum Gasteiger partial charge on any atom is -0.394 e. The van der Waals surface area contributed by atoms with Gasteiger partial charge in [0.2, 0.25) is 5.95 Å². The van der Waals surface area contributed by atoms with Gasteiger partial charge >= 0.3 is 0 Å². The second-order valence-corrected chi connectivity index (χ2v) is 5.78. The number of aliphatic hydroxyl groups is 2. The summed E-state index contributed by atoms with van der Waals surface area (Å²) in [5.41, 5.74) is 0.334. The SMILES string of the molecule is OCCn1cc(Nc2ncc(F)c(N[C@H](CO)c3cc(F)ccc3F)n2)cn1. The Bertz CT molecular complexity index is 952. The van der Waals surface area contributed by atoms with Crippen LogP contribution in [0.4, 0.5) is 30.6 Å². The summed E-state index contributed by atoms with van der Waals surface area (Å²) < 4.78 is 43.0. The molecule has 3 aromatic rings. The fourth-order valence-electron chi connectivity index (χ4n) is 2.48. The fourth-order valence-corrected chi connectivity index (χ4v) is 2.48. The van der Waals surface area contributed by atoms with Crippen molar-refractivity contribution in [3.05, 3.63) is 59.8 Å². The van der Waals surface area contributed by atoms with Gasteiger partial charge in [-0.1, -0.05) is 0 Å². The molecule has 2 heterocycles. The molecule has 0 fully saturated rings. The summed E-state index contributed by atoms with van der Waals surface area (Å²) >= 11 is 0. The molecule has 0 saturated heterocycles. The van der Waals surface area contributed by atoms with E-state index in [-0.39, 0.29) is 23.9 Å². The third kappa shape index (κ3) is 4.56. The molecule has 0 bridgehead atoms. The summed E-state index contributed by atoms with van der Waals surface area (Å²) in [6.07, 6.45) is 3.95. The minimum atomic E-state index is -1.12. The highest BCUT2D eigenvalue weighted by molar-refractivity contribution is 5.53.